The Labute approximate surface area is 152 Å². The number of hydrogen-bond acceptors (Lipinski definition) is 5. The highest BCUT2D eigenvalue weighted by molar-refractivity contribution is 8.01. The average Bonchev–Trinajstić information content (AvgIpc) is 3.02. The third-order valence-electron chi connectivity index (χ3n) is 3.35. The van der Waals surface area contributed by atoms with Crippen molar-refractivity contribution < 1.29 is 14.7 Å². The number of anilines is 1. The predicted octanol–water partition coefficient (Wildman–Crippen LogP) is 4.52. The van der Waals surface area contributed by atoms with Gasteiger partial charge in [0, 0.05) is 11.4 Å². The molecule has 25 heavy (non-hydrogen) atoms. The van der Waals surface area contributed by atoms with E-state index in [-0.39, 0.29) is 11.1 Å². The summed E-state index contributed by atoms with van der Waals surface area (Å²) < 4.78 is 1.89. The van der Waals surface area contributed by atoms with Gasteiger partial charge in [-0.25, -0.2) is 9.78 Å². The smallest absolute Gasteiger partial charge is 0.336 e. The minimum atomic E-state index is -1.13. The fourth-order valence-electron chi connectivity index (χ4n) is 2.24. The maximum absolute atomic E-state index is 12.4. The fraction of sp³-hybridized carbons (Fsp3) is 0.0556. The lowest BCUT2D eigenvalue weighted by molar-refractivity contribution is 0.0692. The van der Waals surface area contributed by atoms with Gasteiger partial charge < -0.3 is 10.4 Å². The monoisotopic (exact) mass is 370 g/mol. The number of carboxylic acids is 1. The Morgan fingerprint density at radius 3 is 2.72 bits per heavy atom. The minimum Gasteiger partial charge on any atom is -0.478 e. The van der Waals surface area contributed by atoms with E-state index in [9.17, 15) is 14.7 Å². The van der Waals surface area contributed by atoms with Crippen LogP contribution in [0.3, 0.4) is 0 Å². The number of thioether (sulfide) groups is 1. The molecule has 0 saturated heterocycles. The summed E-state index contributed by atoms with van der Waals surface area (Å²) in [7, 11) is 0. The van der Waals surface area contributed by atoms with Gasteiger partial charge in [-0.15, -0.1) is 17.9 Å². The Hall–Kier alpha value is -2.64. The number of nitrogens with zero attached hydrogens (tertiary/aromatic N) is 1. The zero-order valence-electron chi connectivity index (χ0n) is 13.1. The van der Waals surface area contributed by atoms with Gasteiger partial charge in [-0.3, -0.25) is 4.79 Å². The molecule has 2 aromatic carbocycles. The van der Waals surface area contributed by atoms with Crippen LogP contribution in [0.4, 0.5) is 5.69 Å². The van der Waals surface area contributed by atoms with Gasteiger partial charge in [0.1, 0.15) is 0 Å². The molecule has 0 aliphatic rings. The molecule has 0 saturated carbocycles. The van der Waals surface area contributed by atoms with Gasteiger partial charge in [0.25, 0.3) is 5.91 Å². The molecule has 0 radical (unpaired) electrons. The van der Waals surface area contributed by atoms with E-state index in [2.05, 4.69) is 16.9 Å². The highest BCUT2D eigenvalue weighted by Crippen LogP contribution is 2.31. The number of carbonyl (C=O) groups is 2. The Morgan fingerprint density at radius 2 is 2.00 bits per heavy atom. The lowest BCUT2D eigenvalue weighted by Crippen LogP contribution is -2.16. The standard InChI is InChI=1S/C18H14N2O3S2/c1-2-9-24-18-20-14-8-7-11(10-15(14)25-18)19-16(21)12-5-3-4-6-13(12)17(22)23/h2-8,10H,1,9H2,(H,19,21)(H,22,23). The predicted molar refractivity (Wildman–Crippen MR) is 102 cm³/mol. The molecule has 0 aliphatic carbocycles. The number of hydrogen-bond donors (Lipinski definition) is 2. The van der Waals surface area contributed by atoms with Crippen LogP contribution in [0.15, 0.2) is 59.5 Å². The van der Waals surface area contributed by atoms with Crippen LogP contribution in [0.2, 0.25) is 0 Å². The fourth-order valence-corrected chi connectivity index (χ4v) is 4.11. The van der Waals surface area contributed by atoms with Crippen molar-refractivity contribution >= 4 is 50.9 Å². The van der Waals surface area contributed by atoms with E-state index >= 15 is 0 Å². The van der Waals surface area contributed by atoms with Crippen LogP contribution in [0.25, 0.3) is 10.2 Å². The van der Waals surface area contributed by atoms with Crippen LogP contribution < -0.4 is 5.32 Å². The molecule has 3 rings (SSSR count). The number of aromatic carboxylic acids is 1. The Bertz CT molecular complexity index is 966. The number of fused-ring (bicyclic) bond motifs is 1. The molecule has 5 nitrogen and oxygen atoms in total. The summed E-state index contributed by atoms with van der Waals surface area (Å²) in [6.07, 6.45) is 1.82. The van der Waals surface area contributed by atoms with Gasteiger partial charge in [-0.05, 0) is 30.3 Å². The van der Waals surface area contributed by atoms with E-state index in [1.54, 1.807) is 41.3 Å². The van der Waals surface area contributed by atoms with E-state index in [1.807, 2.05) is 18.2 Å². The highest BCUT2D eigenvalue weighted by Gasteiger charge is 2.16. The average molecular weight is 370 g/mol. The Kier molecular flexibility index (Phi) is 5.16. The minimum absolute atomic E-state index is 0.0259. The summed E-state index contributed by atoms with van der Waals surface area (Å²) in [6, 6.07) is 11.6. The molecule has 1 amide bonds. The molecule has 2 N–H and O–H groups in total. The molecule has 1 aromatic heterocycles. The summed E-state index contributed by atoms with van der Waals surface area (Å²) in [4.78, 5) is 28.2. The van der Waals surface area contributed by atoms with Crippen molar-refractivity contribution in [2.24, 2.45) is 0 Å². The van der Waals surface area contributed by atoms with Crippen molar-refractivity contribution in [3.05, 3.63) is 66.2 Å². The second-order valence-electron chi connectivity index (χ2n) is 5.07. The second kappa shape index (κ2) is 7.50. The zero-order valence-corrected chi connectivity index (χ0v) is 14.7. The molecule has 0 fully saturated rings. The summed E-state index contributed by atoms with van der Waals surface area (Å²) in [6.45, 7) is 3.69. The zero-order chi connectivity index (χ0) is 17.8. The quantitative estimate of drug-likeness (QED) is 0.492. The third-order valence-corrected chi connectivity index (χ3v) is 5.51. The molecule has 3 aromatic rings. The Balaban J connectivity index is 1.84. The summed E-state index contributed by atoms with van der Waals surface area (Å²) in [5.41, 5.74) is 1.56. The maximum Gasteiger partial charge on any atom is 0.336 e. The van der Waals surface area contributed by atoms with Crippen molar-refractivity contribution in [3.8, 4) is 0 Å². The first-order valence-electron chi connectivity index (χ1n) is 7.36. The van der Waals surface area contributed by atoms with Gasteiger partial charge >= 0.3 is 5.97 Å². The highest BCUT2D eigenvalue weighted by atomic mass is 32.2. The summed E-state index contributed by atoms with van der Waals surface area (Å²) in [5, 5.41) is 12.0. The van der Waals surface area contributed by atoms with Crippen molar-refractivity contribution in [2.75, 3.05) is 11.1 Å². The van der Waals surface area contributed by atoms with Crippen LogP contribution in [0.1, 0.15) is 20.7 Å². The van der Waals surface area contributed by atoms with Gasteiger partial charge in [0.15, 0.2) is 4.34 Å². The van der Waals surface area contributed by atoms with E-state index in [4.69, 9.17) is 0 Å². The number of carbonyl (C=O) groups excluding carboxylic acids is 1. The summed E-state index contributed by atoms with van der Waals surface area (Å²) in [5.74, 6) is -0.800. The largest absolute Gasteiger partial charge is 0.478 e. The molecule has 0 atom stereocenters. The maximum atomic E-state index is 12.4. The number of nitrogens with one attached hydrogen (secondary N) is 1. The van der Waals surface area contributed by atoms with Crippen molar-refractivity contribution in [2.45, 2.75) is 4.34 Å². The van der Waals surface area contributed by atoms with Crippen LogP contribution in [0.5, 0.6) is 0 Å². The van der Waals surface area contributed by atoms with Gasteiger partial charge in [0.05, 0.1) is 21.3 Å². The number of amides is 1. The van der Waals surface area contributed by atoms with Crippen LogP contribution in [-0.4, -0.2) is 27.7 Å². The first-order chi connectivity index (χ1) is 12.1. The third kappa shape index (κ3) is 3.89. The van der Waals surface area contributed by atoms with E-state index < -0.39 is 11.9 Å². The second-order valence-corrected chi connectivity index (χ2v) is 7.36. The molecule has 126 valence electrons. The Morgan fingerprint density at radius 1 is 1.24 bits per heavy atom. The van der Waals surface area contributed by atoms with Crippen molar-refractivity contribution in [1.29, 1.82) is 0 Å². The van der Waals surface area contributed by atoms with E-state index in [0.29, 0.717) is 5.69 Å². The number of carboxylic acid groups (broad SMARTS) is 1. The number of rotatable bonds is 6. The molecular weight excluding hydrogens is 356 g/mol. The number of thiazole rings is 1. The van der Waals surface area contributed by atoms with Crippen LogP contribution >= 0.6 is 23.1 Å². The van der Waals surface area contributed by atoms with Gasteiger partial charge in [-0.1, -0.05) is 30.0 Å². The van der Waals surface area contributed by atoms with Crippen LogP contribution in [0, 0.1) is 0 Å². The first-order valence-corrected chi connectivity index (χ1v) is 9.16. The normalized spacial score (nSPS) is 10.6. The lowest BCUT2D eigenvalue weighted by Gasteiger charge is -2.07. The topological polar surface area (TPSA) is 79.3 Å². The molecule has 0 aliphatic heterocycles. The van der Waals surface area contributed by atoms with Crippen LogP contribution in [-0.2, 0) is 0 Å². The van der Waals surface area contributed by atoms with Crippen molar-refractivity contribution in [3.63, 3.8) is 0 Å². The molecule has 0 spiro atoms. The molecule has 0 bridgehead atoms. The first kappa shape index (κ1) is 17.2. The number of benzene rings is 2. The number of aromatic nitrogens is 1. The molecule has 1 heterocycles. The van der Waals surface area contributed by atoms with E-state index in [1.165, 1.54) is 12.1 Å². The van der Waals surface area contributed by atoms with Gasteiger partial charge in [0.2, 0.25) is 0 Å². The lowest BCUT2D eigenvalue weighted by atomic mass is 10.1. The SMILES string of the molecule is C=CCSc1nc2ccc(NC(=O)c3ccccc3C(=O)O)cc2s1. The van der Waals surface area contributed by atoms with Gasteiger partial charge in [-0.2, -0.15) is 0 Å². The summed E-state index contributed by atoms with van der Waals surface area (Å²) >= 11 is 3.15. The van der Waals surface area contributed by atoms with Crippen molar-refractivity contribution in [1.82, 2.24) is 4.98 Å². The van der Waals surface area contributed by atoms with E-state index in [0.717, 1.165) is 20.3 Å². The molecular formula is C18H14N2O3S2. The molecule has 0 unspecified atom stereocenters. The molecule has 7 heteroatoms.